The molecule has 0 bridgehead atoms. The minimum Gasteiger partial charge on any atom is -0.393 e. The normalized spacial score (nSPS) is 11.4. The first kappa shape index (κ1) is 14.0. The number of nitrogens with zero attached hydrogens (tertiary/aromatic N) is 2. The van der Waals surface area contributed by atoms with Crippen LogP contribution in [0.3, 0.4) is 0 Å². The number of nitro groups is 1. The zero-order chi connectivity index (χ0) is 14.8. The fourth-order valence-corrected chi connectivity index (χ4v) is 2.45. The van der Waals surface area contributed by atoms with E-state index in [1.807, 2.05) is 0 Å². The lowest BCUT2D eigenvalue weighted by atomic mass is 10.3. The SMILES string of the molecule is Nc1ccc(S(=O)(=O)NCc2ccon2)cc1[N+](=O)[O-]. The highest BCUT2D eigenvalue weighted by Crippen LogP contribution is 2.24. The lowest BCUT2D eigenvalue weighted by Crippen LogP contribution is -2.23. The molecule has 0 spiro atoms. The molecular weight excluding hydrogens is 288 g/mol. The molecule has 1 aromatic carbocycles. The molecule has 1 aromatic heterocycles. The maximum atomic E-state index is 12.0. The van der Waals surface area contributed by atoms with Crippen LogP contribution in [0.1, 0.15) is 5.69 Å². The Hall–Kier alpha value is -2.46. The molecule has 0 atom stereocenters. The third-order valence-corrected chi connectivity index (χ3v) is 3.84. The van der Waals surface area contributed by atoms with E-state index in [4.69, 9.17) is 5.73 Å². The average Bonchev–Trinajstić information content (AvgIpc) is 2.89. The van der Waals surface area contributed by atoms with Gasteiger partial charge >= 0.3 is 0 Å². The first-order valence-corrected chi connectivity index (χ1v) is 6.81. The number of hydrogen-bond donors (Lipinski definition) is 2. The van der Waals surface area contributed by atoms with Crippen LogP contribution in [-0.4, -0.2) is 18.5 Å². The number of aromatic nitrogens is 1. The molecule has 0 amide bonds. The molecule has 0 saturated heterocycles. The van der Waals surface area contributed by atoms with E-state index >= 15 is 0 Å². The van der Waals surface area contributed by atoms with E-state index in [0.29, 0.717) is 5.69 Å². The lowest BCUT2D eigenvalue weighted by molar-refractivity contribution is -0.384. The number of rotatable bonds is 5. The molecule has 0 radical (unpaired) electrons. The molecule has 0 fully saturated rings. The van der Waals surface area contributed by atoms with Gasteiger partial charge in [0.2, 0.25) is 10.0 Å². The van der Waals surface area contributed by atoms with E-state index < -0.39 is 20.6 Å². The van der Waals surface area contributed by atoms with Crippen molar-refractivity contribution in [3.8, 4) is 0 Å². The van der Waals surface area contributed by atoms with Crippen LogP contribution in [0.25, 0.3) is 0 Å². The Bertz CT molecular complexity index is 726. The van der Waals surface area contributed by atoms with Gasteiger partial charge in [-0.05, 0) is 12.1 Å². The van der Waals surface area contributed by atoms with Crippen molar-refractivity contribution in [3.63, 3.8) is 0 Å². The van der Waals surface area contributed by atoms with E-state index in [1.54, 1.807) is 0 Å². The standard InChI is InChI=1S/C10H10N4O5S/c11-9-2-1-8(5-10(9)14(15)16)20(17,18)12-6-7-3-4-19-13-7/h1-5,12H,6,11H2. The minimum absolute atomic E-state index is 0.0863. The van der Waals surface area contributed by atoms with Crippen molar-refractivity contribution in [3.05, 3.63) is 46.3 Å². The summed E-state index contributed by atoms with van der Waals surface area (Å²) >= 11 is 0. The summed E-state index contributed by atoms with van der Waals surface area (Å²) in [6.45, 7) is -0.0863. The first-order valence-electron chi connectivity index (χ1n) is 5.33. The quantitative estimate of drug-likeness (QED) is 0.468. The van der Waals surface area contributed by atoms with Crippen LogP contribution in [0.5, 0.6) is 0 Å². The maximum Gasteiger partial charge on any atom is 0.293 e. The average molecular weight is 298 g/mol. The van der Waals surface area contributed by atoms with E-state index in [0.717, 1.165) is 6.07 Å². The smallest absolute Gasteiger partial charge is 0.293 e. The first-order chi connectivity index (χ1) is 9.40. The Morgan fingerprint density at radius 2 is 2.15 bits per heavy atom. The van der Waals surface area contributed by atoms with Gasteiger partial charge in [0.1, 0.15) is 12.0 Å². The molecule has 0 aliphatic heterocycles. The van der Waals surface area contributed by atoms with Crippen LogP contribution in [0.4, 0.5) is 11.4 Å². The van der Waals surface area contributed by atoms with Crippen molar-refractivity contribution < 1.29 is 17.9 Å². The molecule has 20 heavy (non-hydrogen) atoms. The highest BCUT2D eigenvalue weighted by Gasteiger charge is 2.20. The summed E-state index contributed by atoms with van der Waals surface area (Å²) in [6.07, 6.45) is 1.30. The monoisotopic (exact) mass is 298 g/mol. The summed E-state index contributed by atoms with van der Waals surface area (Å²) in [4.78, 5) is 9.74. The number of nitrogens with two attached hydrogens (primary N) is 1. The van der Waals surface area contributed by atoms with E-state index in [-0.39, 0.29) is 17.1 Å². The number of hydrogen-bond acceptors (Lipinski definition) is 7. The third-order valence-electron chi connectivity index (χ3n) is 2.44. The van der Waals surface area contributed by atoms with Crippen LogP contribution >= 0.6 is 0 Å². The Morgan fingerprint density at radius 1 is 1.40 bits per heavy atom. The summed E-state index contributed by atoms with van der Waals surface area (Å²) in [5, 5.41) is 14.3. The summed E-state index contributed by atoms with van der Waals surface area (Å²) in [6, 6.07) is 4.75. The Kier molecular flexibility index (Phi) is 3.68. The van der Waals surface area contributed by atoms with Crippen LogP contribution in [0.15, 0.2) is 39.9 Å². The molecule has 3 N–H and O–H groups in total. The molecule has 0 aliphatic carbocycles. The lowest BCUT2D eigenvalue weighted by Gasteiger charge is -2.05. The number of benzene rings is 1. The Morgan fingerprint density at radius 3 is 2.75 bits per heavy atom. The molecular formula is C10H10N4O5S. The molecule has 2 aromatic rings. The predicted octanol–water partition coefficient (Wildman–Crippen LogP) is 0.643. The predicted molar refractivity (Wildman–Crippen MR) is 68.0 cm³/mol. The maximum absolute atomic E-state index is 12.0. The van der Waals surface area contributed by atoms with Crippen LogP contribution in [0.2, 0.25) is 0 Å². The fraction of sp³-hybridized carbons (Fsp3) is 0.100. The minimum atomic E-state index is -3.90. The molecule has 0 saturated carbocycles. The number of nitro benzene ring substituents is 1. The van der Waals surface area contributed by atoms with Crippen molar-refractivity contribution in [2.75, 3.05) is 5.73 Å². The highest BCUT2D eigenvalue weighted by atomic mass is 32.2. The van der Waals surface area contributed by atoms with Gasteiger partial charge in [0.15, 0.2) is 0 Å². The molecule has 2 rings (SSSR count). The zero-order valence-electron chi connectivity index (χ0n) is 10.0. The van der Waals surface area contributed by atoms with Crippen molar-refractivity contribution in [2.45, 2.75) is 11.4 Å². The Balaban J connectivity index is 2.25. The zero-order valence-corrected chi connectivity index (χ0v) is 10.8. The van der Waals surface area contributed by atoms with E-state index in [1.165, 1.54) is 24.5 Å². The highest BCUT2D eigenvalue weighted by molar-refractivity contribution is 7.89. The van der Waals surface area contributed by atoms with Gasteiger partial charge in [-0.3, -0.25) is 10.1 Å². The van der Waals surface area contributed by atoms with Crippen LogP contribution in [0, 0.1) is 10.1 Å². The topological polar surface area (TPSA) is 141 Å². The van der Waals surface area contributed by atoms with Gasteiger partial charge in [-0.15, -0.1) is 0 Å². The van der Waals surface area contributed by atoms with Crippen LogP contribution < -0.4 is 10.5 Å². The van der Waals surface area contributed by atoms with Crippen molar-refractivity contribution >= 4 is 21.4 Å². The molecule has 10 heteroatoms. The summed E-state index contributed by atoms with van der Waals surface area (Å²) in [5.74, 6) is 0. The second kappa shape index (κ2) is 5.27. The molecule has 0 unspecified atom stereocenters. The molecule has 0 aliphatic rings. The largest absolute Gasteiger partial charge is 0.393 e. The van der Waals surface area contributed by atoms with Gasteiger partial charge in [-0.25, -0.2) is 13.1 Å². The number of nitrogens with one attached hydrogen (secondary N) is 1. The van der Waals surface area contributed by atoms with Crippen molar-refractivity contribution in [1.82, 2.24) is 9.88 Å². The van der Waals surface area contributed by atoms with Gasteiger partial charge in [0.25, 0.3) is 5.69 Å². The van der Waals surface area contributed by atoms with Crippen LogP contribution in [-0.2, 0) is 16.6 Å². The van der Waals surface area contributed by atoms with Gasteiger partial charge in [-0.2, -0.15) is 0 Å². The number of sulfonamides is 1. The third kappa shape index (κ3) is 2.92. The molecule has 1 heterocycles. The van der Waals surface area contributed by atoms with Gasteiger partial charge in [-0.1, -0.05) is 5.16 Å². The van der Waals surface area contributed by atoms with Gasteiger partial charge in [0.05, 0.1) is 22.1 Å². The molecule has 106 valence electrons. The Labute approximate surface area is 113 Å². The second-order valence-corrected chi connectivity index (χ2v) is 5.56. The van der Waals surface area contributed by atoms with Crippen molar-refractivity contribution in [1.29, 1.82) is 0 Å². The summed E-state index contributed by atoms with van der Waals surface area (Å²) < 4.78 is 30.8. The number of nitrogen functional groups attached to an aromatic ring is 1. The van der Waals surface area contributed by atoms with Crippen molar-refractivity contribution in [2.24, 2.45) is 0 Å². The van der Waals surface area contributed by atoms with E-state index in [9.17, 15) is 18.5 Å². The number of anilines is 1. The second-order valence-electron chi connectivity index (χ2n) is 3.79. The van der Waals surface area contributed by atoms with E-state index in [2.05, 4.69) is 14.4 Å². The molecule has 9 nitrogen and oxygen atoms in total. The summed E-state index contributed by atoms with van der Waals surface area (Å²) in [5.41, 5.74) is 5.22. The van der Waals surface area contributed by atoms with Gasteiger partial charge in [0, 0.05) is 12.1 Å². The fourth-order valence-electron chi connectivity index (χ4n) is 1.43. The van der Waals surface area contributed by atoms with Gasteiger partial charge < -0.3 is 10.3 Å². The summed E-state index contributed by atoms with van der Waals surface area (Å²) in [7, 11) is -3.90.